The molecule has 1 rings (SSSR count). The molecule has 4 nitrogen and oxygen atoms in total. The zero-order valence-corrected chi connectivity index (χ0v) is 10.2. The van der Waals surface area contributed by atoms with E-state index in [9.17, 15) is 9.18 Å². The fraction of sp³-hybridized carbons (Fsp3) is 0.909. The lowest BCUT2D eigenvalue weighted by atomic mass is 9.94. The van der Waals surface area contributed by atoms with E-state index in [1.165, 1.54) is 0 Å². The van der Waals surface area contributed by atoms with E-state index in [0.29, 0.717) is 19.5 Å². The highest BCUT2D eigenvalue weighted by Crippen LogP contribution is 2.23. The second-order valence-corrected chi connectivity index (χ2v) is 5.32. The normalized spacial score (nSPS) is 19.2. The summed E-state index contributed by atoms with van der Waals surface area (Å²) >= 11 is 0. The summed E-state index contributed by atoms with van der Waals surface area (Å²) in [5.41, 5.74) is 4.73. The molecule has 1 aliphatic rings. The molecule has 0 saturated carbocycles. The van der Waals surface area contributed by atoms with E-state index in [1.54, 1.807) is 4.90 Å². The molecule has 0 unspecified atom stereocenters. The molecule has 0 bridgehead atoms. The lowest BCUT2D eigenvalue weighted by Crippen LogP contribution is -2.52. The van der Waals surface area contributed by atoms with Gasteiger partial charge in [-0.05, 0) is 33.1 Å². The summed E-state index contributed by atoms with van der Waals surface area (Å²) in [4.78, 5) is 13.1. The fourth-order valence-electron chi connectivity index (χ4n) is 1.65. The van der Waals surface area contributed by atoms with Crippen LogP contribution in [0.1, 0.15) is 27.2 Å². The number of amides is 1. The third-order valence-corrected chi connectivity index (χ3v) is 2.45. The number of ether oxygens (including phenoxy) is 1. The van der Waals surface area contributed by atoms with Gasteiger partial charge in [-0.25, -0.2) is 9.18 Å². The van der Waals surface area contributed by atoms with Crippen molar-refractivity contribution in [2.75, 3.05) is 19.6 Å². The molecule has 0 radical (unpaired) electrons. The molecule has 1 saturated heterocycles. The molecule has 1 heterocycles. The van der Waals surface area contributed by atoms with E-state index in [1.807, 2.05) is 20.8 Å². The van der Waals surface area contributed by atoms with Crippen LogP contribution in [0.25, 0.3) is 0 Å². The summed E-state index contributed by atoms with van der Waals surface area (Å²) in [5.74, 6) is 0.228. The molecule has 94 valence electrons. The van der Waals surface area contributed by atoms with Gasteiger partial charge in [0, 0.05) is 19.6 Å². The number of carbonyl (C=O) groups is 1. The lowest BCUT2D eigenvalue weighted by Gasteiger charge is -2.40. The van der Waals surface area contributed by atoms with E-state index in [4.69, 9.17) is 10.5 Å². The van der Waals surface area contributed by atoms with Crippen molar-refractivity contribution < 1.29 is 13.9 Å². The Hall–Kier alpha value is -0.840. The molecule has 16 heavy (non-hydrogen) atoms. The molecule has 1 amide bonds. The van der Waals surface area contributed by atoms with Gasteiger partial charge in [-0.1, -0.05) is 0 Å². The molecule has 0 aromatic heterocycles. The van der Waals surface area contributed by atoms with Crippen LogP contribution in [-0.4, -0.2) is 42.4 Å². The van der Waals surface area contributed by atoms with Crippen LogP contribution < -0.4 is 5.73 Å². The highest BCUT2D eigenvalue weighted by molar-refractivity contribution is 5.69. The monoisotopic (exact) mass is 232 g/mol. The third-order valence-electron chi connectivity index (χ3n) is 2.45. The first-order valence-electron chi connectivity index (χ1n) is 5.64. The number of hydrogen-bond donors (Lipinski definition) is 1. The van der Waals surface area contributed by atoms with Gasteiger partial charge in [0.2, 0.25) is 0 Å². The molecule has 5 heteroatoms. The molecule has 1 fully saturated rings. The number of hydrogen-bond acceptors (Lipinski definition) is 3. The van der Waals surface area contributed by atoms with Crippen molar-refractivity contribution >= 4 is 6.09 Å². The van der Waals surface area contributed by atoms with Crippen LogP contribution in [0, 0.1) is 5.92 Å². The van der Waals surface area contributed by atoms with Crippen molar-refractivity contribution in [2.45, 2.75) is 39.0 Å². The molecule has 2 N–H and O–H groups in total. The number of carbonyl (C=O) groups excluding carboxylic acids is 1. The summed E-state index contributed by atoms with van der Waals surface area (Å²) in [7, 11) is 0. The second-order valence-electron chi connectivity index (χ2n) is 5.32. The molecule has 1 aliphatic heterocycles. The van der Waals surface area contributed by atoms with Crippen molar-refractivity contribution in [1.82, 2.24) is 4.90 Å². The summed E-state index contributed by atoms with van der Waals surface area (Å²) in [6.07, 6.45) is -0.826. The number of halogens is 1. The van der Waals surface area contributed by atoms with E-state index < -0.39 is 11.8 Å². The molecular weight excluding hydrogens is 211 g/mol. The topological polar surface area (TPSA) is 55.6 Å². The zero-order chi connectivity index (χ0) is 12.3. The van der Waals surface area contributed by atoms with Crippen LogP contribution in [0.3, 0.4) is 0 Å². The predicted molar refractivity (Wildman–Crippen MR) is 59.9 cm³/mol. The van der Waals surface area contributed by atoms with Gasteiger partial charge in [-0.2, -0.15) is 0 Å². The SMILES string of the molecule is CC(C)(C)OC(=O)N1CC(C[C@H](F)CN)C1. The van der Waals surface area contributed by atoms with Crippen molar-refractivity contribution in [1.29, 1.82) is 0 Å². The Balaban J connectivity index is 2.23. The van der Waals surface area contributed by atoms with Crippen LogP contribution in [0.4, 0.5) is 9.18 Å². The summed E-state index contributed by atoms with van der Waals surface area (Å²) < 4.78 is 18.1. The number of rotatable bonds is 3. The van der Waals surface area contributed by atoms with E-state index in [2.05, 4.69) is 0 Å². The minimum atomic E-state index is -0.953. The molecule has 1 atom stereocenters. The maximum atomic E-state index is 12.9. The number of nitrogens with two attached hydrogens (primary N) is 1. The summed E-state index contributed by atoms with van der Waals surface area (Å²) in [6, 6.07) is 0. The van der Waals surface area contributed by atoms with Crippen LogP contribution in [0.15, 0.2) is 0 Å². The van der Waals surface area contributed by atoms with Crippen LogP contribution in [0.2, 0.25) is 0 Å². The maximum absolute atomic E-state index is 12.9. The Morgan fingerprint density at radius 3 is 2.56 bits per heavy atom. The number of alkyl halides is 1. The third kappa shape index (κ3) is 3.96. The first-order chi connectivity index (χ1) is 7.31. The zero-order valence-electron chi connectivity index (χ0n) is 10.2. The predicted octanol–water partition coefficient (Wildman–Crippen LogP) is 1.54. The minimum absolute atomic E-state index is 0.0585. The van der Waals surface area contributed by atoms with Gasteiger partial charge in [0.25, 0.3) is 0 Å². The van der Waals surface area contributed by atoms with Gasteiger partial charge >= 0.3 is 6.09 Å². The van der Waals surface area contributed by atoms with E-state index in [0.717, 1.165) is 0 Å². The van der Waals surface area contributed by atoms with Gasteiger partial charge in [0.1, 0.15) is 11.8 Å². The first-order valence-corrected chi connectivity index (χ1v) is 5.64. The van der Waals surface area contributed by atoms with E-state index >= 15 is 0 Å². The number of likely N-dealkylation sites (tertiary alicyclic amines) is 1. The summed E-state index contributed by atoms with van der Waals surface area (Å²) in [5, 5.41) is 0. The maximum Gasteiger partial charge on any atom is 0.410 e. The molecule has 0 aromatic rings. The molecule has 0 aliphatic carbocycles. The van der Waals surface area contributed by atoms with E-state index in [-0.39, 0.29) is 18.6 Å². The fourth-order valence-corrected chi connectivity index (χ4v) is 1.65. The lowest BCUT2D eigenvalue weighted by molar-refractivity contribution is -0.00530. The Labute approximate surface area is 95.9 Å². The van der Waals surface area contributed by atoms with Crippen LogP contribution in [-0.2, 0) is 4.74 Å². The van der Waals surface area contributed by atoms with Crippen molar-refractivity contribution in [3.63, 3.8) is 0 Å². The average molecular weight is 232 g/mol. The Kier molecular flexibility index (Phi) is 4.13. The smallest absolute Gasteiger partial charge is 0.410 e. The highest BCUT2D eigenvalue weighted by Gasteiger charge is 2.34. The average Bonchev–Trinajstić information content (AvgIpc) is 2.06. The molecular formula is C11H21FN2O2. The van der Waals surface area contributed by atoms with Crippen molar-refractivity contribution in [3.05, 3.63) is 0 Å². The van der Waals surface area contributed by atoms with Gasteiger partial charge in [0.05, 0.1) is 0 Å². The summed E-state index contributed by atoms with van der Waals surface area (Å²) in [6.45, 7) is 6.70. The second kappa shape index (κ2) is 4.99. The van der Waals surface area contributed by atoms with Crippen molar-refractivity contribution in [3.8, 4) is 0 Å². The minimum Gasteiger partial charge on any atom is -0.444 e. The van der Waals surface area contributed by atoms with Crippen molar-refractivity contribution in [2.24, 2.45) is 11.7 Å². The Morgan fingerprint density at radius 2 is 2.12 bits per heavy atom. The molecule has 0 spiro atoms. The Morgan fingerprint density at radius 1 is 1.56 bits per heavy atom. The van der Waals surface area contributed by atoms with Crippen LogP contribution in [0.5, 0.6) is 0 Å². The van der Waals surface area contributed by atoms with Gasteiger partial charge in [-0.15, -0.1) is 0 Å². The first kappa shape index (κ1) is 13.2. The van der Waals surface area contributed by atoms with Gasteiger partial charge in [0.15, 0.2) is 0 Å². The van der Waals surface area contributed by atoms with Gasteiger partial charge < -0.3 is 15.4 Å². The number of nitrogens with zero attached hydrogens (tertiary/aromatic N) is 1. The molecule has 0 aromatic carbocycles. The Bertz CT molecular complexity index is 247. The standard InChI is InChI=1S/C11H21FN2O2/c1-11(2,3)16-10(15)14-6-8(7-14)4-9(12)5-13/h8-9H,4-7,13H2,1-3H3/t9-/m0/s1. The quantitative estimate of drug-likeness (QED) is 0.803. The van der Waals surface area contributed by atoms with Gasteiger partial charge in [-0.3, -0.25) is 0 Å². The highest BCUT2D eigenvalue weighted by atomic mass is 19.1. The largest absolute Gasteiger partial charge is 0.444 e. The van der Waals surface area contributed by atoms with Crippen LogP contribution >= 0.6 is 0 Å².